The molecule has 43 heavy (non-hydrogen) atoms. The number of piperazine rings is 1. The van der Waals surface area contributed by atoms with Gasteiger partial charge in [0.2, 0.25) is 5.91 Å². The predicted octanol–water partition coefficient (Wildman–Crippen LogP) is 4.79. The number of benzene rings is 1. The van der Waals surface area contributed by atoms with Crippen molar-refractivity contribution in [3.63, 3.8) is 0 Å². The molecule has 1 fully saturated rings. The van der Waals surface area contributed by atoms with Crippen LogP contribution in [0.15, 0.2) is 47.9 Å². The number of rotatable bonds is 5. The topological polar surface area (TPSA) is 108 Å². The minimum Gasteiger partial charge on any atom is -0.350 e. The summed E-state index contributed by atoms with van der Waals surface area (Å²) in [6.07, 6.45) is 2.86. The Morgan fingerprint density at radius 3 is 2.56 bits per heavy atom. The van der Waals surface area contributed by atoms with Crippen LogP contribution in [0.4, 0.5) is 19.0 Å². The summed E-state index contributed by atoms with van der Waals surface area (Å²) in [4.78, 5) is 43.2. The first-order valence-corrected chi connectivity index (χ1v) is 13.6. The van der Waals surface area contributed by atoms with Crippen molar-refractivity contribution >= 4 is 22.8 Å². The van der Waals surface area contributed by atoms with Gasteiger partial charge in [0.05, 0.1) is 28.0 Å². The van der Waals surface area contributed by atoms with Crippen molar-refractivity contribution < 1.29 is 18.0 Å². The van der Waals surface area contributed by atoms with E-state index in [2.05, 4.69) is 21.5 Å². The van der Waals surface area contributed by atoms with E-state index in [1.54, 1.807) is 24.1 Å². The summed E-state index contributed by atoms with van der Waals surface area (Å²) in [5.74, 6) is -4.72. The van der Waals surface area contributed by atoms with Crippen LogP contribution in [-0.2, 0) is 4.79 Å². The molecule has 0 spiro atoms. The van der Waals surface area contributed by atoms with Gasteiger partial charge in [-0.1, -0.05) is 20.4 Å². The Morgan fingerprint density at radius 1 is 1.16 bits per heavy atom. The van der Waals surface area contributed by atoms with Crippen molar-refractivity contribution in [3.05, 3.63) is 87.9 Å². The number of aromatic nitrogens is 4. The number of nitriles is 1. The van der Waals surface area contributed by atoms with E-state index >= 15 is 4.39 Å². The third-order valence-corrected chi connectivity index (χ3v) is 7.57. The van der Waals surface area contributed by atoms with Crippen LogP contribution in [0, 0.1) is 35.7 Å². The van der Waals surface area contributed by atoms with Crippen LogP contribution in [-0.4, -0.2) is 56.0 Å². The summed E-state index contributed by atoms with van der Waals surface area (Å²) in [5, 5.41) is 10.4. The third-order valence-electron chi connectivity index (χ3n) is 7.57. The zero-order chi connectivity index (χ0) is 31.2. The lowest BCUT2D eigenvalue weighted by atomic mass is 10.0. The Labute approximate surface area is 245 Å². The molecule has 4 heterocycles. The van der Waals surface area contributed by atoms with Gasteiger partial charge in [-0.15, -0.1) is 0 Å². The van der Waals surface area contributed by atoms with E-state index in [4.69, 9.17) is 0 Å². The number of aryl methyl sites for hydroxylation is 1. The van der Waals surface area contributed by atoms with Gasteiger partial charge in [0.25, 0.3) is 0 Å². The molecule has 0 radical (unpaired) electrons. The minimum absolute atomic E-state index is 0.0305. The van der Waals surface area contributed by atoms with Crippen LogP contribution in [0.2, 0.25) is 0 Å². The molecule has 4 aromatic rings. The van der Waals surface area contributed by atoms with Crippen LogP contribution in [0.3, 0.4) is 0 Å². The molecular weight excluding hydrogens is 559 g/mol. The maximum atomic E-state index is 15.1. The number of hydrogen-bond acceptors (Lipinski definition) is 7. The lowest BCUT2D eigenvalue weighted by Gasteiger charge is -2.40. The number of anilines is 1. The second-order valence-corrected chi connectivity index (χ2v) is 10.7. The fourth-order valence-electron chi connectivity index (χ4n) is 5.44. The van der Waals surface area contributed by atoms with Gasteiger partial charge in [0.1, 0.15) is 11.9 Å². The van der Waals surface area contributed by atoms with Crippen LogP contribution in [0.5, 0.6) is 0 Å². The molecule has 1 saturated heterocycles. The quantitative estimate of drug-likeness (QED) is 0.244. The molecule has 12 heteroatoms. The van der Waals surface area contributed by atoms with E-state index in [0.717, 1.165) is 12.1 Å². The SMILES string of the molecule is C=CC(=O)N1CCN(c2nc(=O)n(-c3c(C)ccnc3C(C)C)c3nc(-c4ccc(F)c(F)c4F)c(C#N)cc23)C(C)C1. The summed E-state index contributed by atoms with van der Waals surface area (Å²) in [5.41, 5.74) is 0.183. The second-order valence-electron chi connectivity index (χ2n) is 10.7. The number of carbonyl (C=O) groups is 1. The summed E-state index contributed by atoms with van der Waals surface area (Å²) in [6.45, 7) is 12.0. The van der Waals surface area contributed by atoms with Gasteiger partial charge >= 0.3 is 5.69 Å². The maximum Gasteiger partial charge on any atom is 0.355 e. The van der Waals surface area contributed by atoms with Crippen molar-refractivity contribution in [2.75, 3.05) is 24.5 Å². The highest BCUT2D eigenvalue weighted by Gasteiger charge is 2.31. The van der Waals surface area contributed by atoms with Gasteiger partial charge in [-0.25, -0.2) is 27.5 Å². The Kier molecular flexibility index (Phi) is 7.75. The standard InChI is InChI=1S/C31H28F3N7O2/c1-6-23(42)39-11-12-40(18(5)15-39)29-21-13-19(14-35)27(20-7-8-22(32)25(34)24(20)33)37-30(21)41(31(43)38-29)28-17(4)9-10-36-26(28)16(2)3/h6-10,13,16,18H,1,11-12,15H2,2-5H3. The summed E-state index contributed by atoms with van der Waals surface area (Å²) in [7, 11) is 0. The average Bonchev–Trinajstić information content (AvgIpc) is 2.99. The summed E-state index contributed by atoms with van der Waals surface area (Å²) >= 11 is 0. The van der Waals surface area contributed by atoms with Crippen LogP contribution in [0.25, 0.3) is 28.0 Å². The number of halogens is 3. The van der Waals surface area contributed by atoms with E-state index in [0.29, 0.717) is 42.0 Å². The molecule has 0 saturated carbocycles. The molecule has 0 bridgehead atoms. The zero-order valence-corrected chi connectivity index (χ0v) is 24.0. The van der Waals surface area contributed by atoms with Gasteiger partial charge in [0.15, 0.2) is 23.1 Å². The lowest BCUT2D eigenvalue weighted by Crippen LogP contribution is -2.54. The Balaban J connectivity index is 1.86. The number of carbonyl (C=O) groups excluding carboxylic acids is 1. The number of pyridine rings is 2. The minimum atomic E-state index is -1.71. The molecular formula is C31H28F3N7O2. The van der Waals surface area contributed by atoms with E-state index < -0.39 is 28.7 Å². The molecule has 1 atom stereocenters. The lowest BCUT2D eigenvalue weighted by molar-refractivity contribution is -0.126. The van der Waals surface area contributed by atoms with E-state index in [-0.39, 0.29) is 40.6 Å². The monoisotopic (exact) mass is 587 g/mol. The van der Waals surface area contributed by atoms with Gasteiger partial charge in [-0.05, 0) is 55.7 Å². The molecule has 1 aliphatic rings. The first kappa shape index (κ1) is 29.4. The number of fused-ring (bicyclic) bond motifs is 1. The molecule has 1 aliphatic heterocycles. The number of hydrogen-bond donors (Lipinski definition) is 0. The molecule has 5 rings (SSSR count). The highest BCUT2D eigenvalue weighted by Crippen LogP contribution is 2.35. The Hall–Kier alpha value is -5.05. The average molecular weight is 588 g/mol. The summed E-state index contributed by atoms with van der Waals surface area (Å²) in [6, 6.07) is 6.59. The van der Waals surface area contributed by atoms with Crippen molar-refractivity contribution in [3.8, 4) is 23.0 Å². The molecule has 1 aromatic carbocycles. The zero-order valence-electron chi connectivity index (χ0n) is 24.0. The van der Waals surface area contributed by atoms with Crippen molar-refractivity contribution in [1.29, 1.82) is 5.26 Å². The third kappa shape index (κ3) is 5.01. The van der Waals surface area contributed by atoms with E-state index in [1.807, 2.05) is 31.7 Å². The van der Waals surface area contributed by atoms with Gasteiger partial charge < -0.3 is 9.80 Å². The van der Waals surface area contributed by atoms with Crippen molar-refractivity contribution in [1.82, 2.24) is 24.4 Å². The van der Waals surface area contributed by atoms with Gasteiger partial charge in [-0.3, -0.25) is 9.78 Å². The van der Waals surface area contributed by atoms with Gasteiger partial charge in [0, 0.05) is 37.4 Å². The normalized spacial score (nSPS) is 15.2. The van der Waals surface area contributed by atoms with Crippen molar-refractivity contribution in [2.45, 2.75) is 39.7 Å². The highest BCUT2D eigenvalue weighted by atomic mass is 19.2. The molecule has 0 aliphatic carbocycles. The molecule has 3 aromatic heterocycles. The molecule has 220 valence electrons. The van der Waals surface area contributed by atoms with Crippen molar-refractivity contribution in [2.24, 2.45) is 0 Å². The Morgan fingerprint density at radius 2 is 1.91 bits per heavy atom. The van der Waals surface area contributed by atoms with Crippen LogP contribution in [0.1, 0.15) is 43.5 Å². The number of nitrogens with zero attached hydrogens (tertiary/aromatic N) is 7. The summed E-state index contributed by atoms with van der Waals surface area (Å²) < 4.78 is 44.4. The van der Waals surface area contributed by atoms with Crippen LogP contribution < -0.4 is 10.6 Å². The van der Waals surface area contributed by atoms with E-state index in [1.165, 1.54) is 16.7 Å². The molecule has 1 amide bonds. The molecule has 9 nitrogen and oxygen atoms in total. The Bertz CT molecular complexity index is 1900. The number of amides is 1. The molecule has 0 N–H and O–H groups in total. The first-order valence-electron chi connectivity index (χ1n) is 13.6. The fourth-order valence-corrected chi connectivity index (χ4v) is 5.44. The van der Waals surface area contributed by atoms with Crippen LogP contribution >= 0.6 is 0 Å². The second kappa shape index (κ2) is 11.3. The first-order chi connectivity index (χ1) is 20.5. The van der Waals surface area contributed by atoms with Gasteiger partial charge in [-0.2, -0.15) is 10.2 Å². The van der Waals surface area contributed by atoms with E-state index in [9.17, 15) is 23.6 Å². The largest absolute Gasteiger partial charge is 0.355 e. The predicted molar refractivity (Wildman–Crippen MR) is 155 cm³/mol. The molecule has 1 unspecified atom stereocenters. The smallest absolute Gasteiger partial charge is 0.350 e. The fraction of sp³-hybridized carbons (Fsp3) is 0.290. The highest BCUT2D eigenvalue weighted by molar-refractivity contribution is 5.92. The maximum absolute atomic E-state index is 15.1.